The fraction of sp³-hybridized carbons (Fsp3) is 0.222. The molecule has 0 aromatic carbocycles. The van der Waals surface area contributed by atoms with E-state index >= 15 is 0 Å². The third-order valence-electron chi connectivity index (χ3n) is 1.47. The van der Waals surface area contributed by atoms with Gasteiger partial charge in [0.05, 0.1) is 11.9 Å². The number of hydrogen-bond acceptors (Lipinski definition) is 4. The minimum atomic E-state index is -0.355. The number of nitrogens with zero attached hydrogens (tertiary/aromatic N) is 2. The fourth-order valence-electron chi connectivity index (χ4n) is 0.909. The van der Waals surface area contributed by atoms with Gasteiger partial charge in [-0.15, -0.1) is 0 Å². The first-order valence-electron chi connectivity index (χ1n) is 4.28. The van der Waals surface area contributed by atoms with Crippen LogP contribution in [0.2, 0.25) is 0 Å². The Kier molecular flexibility index (Phi) is 4.62. The highest BCUT2D eigenvalue weighted by molar-refractivity contribution is 7.97. The molecule has 0 spiro atoms. The molecular formula is C9H12N4OS. The molecular weight excluding hydrogens is 212 g/mol. The van der Waals surface area contributed by atoms with E-state index in [2.05, 4.69) is 20.2 Å². The molecule has 1 aromatic rings. The lowest BCUT2D eigenvalue weighted by molar-refractivity contribution is 0.247. The first-order chi connectivity index (χ1) is 7.22. The van der Waals surface area contributed by atoms with Crippen LogP contribution in [-0.4, -0.2) is 23.5 Å². The Bertz CT molecular complexity index is 367. The maximum absolute atomic E-state index is 10.9. The number of hydrazone groups is 1. The predicted octanol–water partition coefficient (Wildman–Crippen LogP) is 1.30. The average molecular weight is 224 g/mol. The Balaban J connectivity index is 2.48. The van der Waals surface area contributed by atoms with Crippen molar-refractivity contribution in [3.63, 3.8) is 0 Å². The summed E-state index contributed by atoms with van der Waals surface area (Å²) >= 11 is 1.21. The van der Waals surface area contributed by atoms with Gasteiger partial charge < -0.3 is 0 Å². The number of pyridine rings is 1. The topological polar surface area (TPSA) is 66.4 Å². The Morgan fingerprint density at radius 3 is 3.07 bits per heavy atom. The number of carbonyl (C=O) groups is 1. The molecule has 0 radical (unpaired) electrons. The molecule has 0 aliphatic carbocycles. The molecule has 0 unspecified atom stereocenters. The van der Waals surface area contributed by atoms with Crippen molar-refractivity contribution in [1.29, 1.82) is 0 Å². The number of carbonyl (C=O) groups excluding carboxylic acids is 1. The van der Waals surface area contributed by atoms with Crippen LogP contribution < -0.4 is 10.1 Å². The van der Waals surface area contributed by atoms with Crippen molar-refractivity contribution in [2.75, 3.05) is 6.26 Å². The number of aromatic nitrogens is 1. The van der Waals surface area contributed by atoms with Crippen molar-refractivity contribution in [2.24, 2.45) is 5.10 Å². The Hall–Kier alpha value is -1.56. The molecule has 0 aliphatic heterocycles. The Labute approximate surface area is 92.5 Å². The lowest BCUT2D eigenvalue weighted by atomic mass is 10.3. The van der Waals surface area contributed by atoms with Gasteiger partial charge in [0.25, 0.3) is 0 Å². The number of amides is 2. The van der Waals surface area contributed by atoms with Crippen molar-refractivity contribution in [3.05, 3.63) is 29.6 Å². The van der Waals surface area contributed by atoms with Gasteiger partial charge in [0.15, 0.2) is 0 Å². The first-order valence-corrected chi connectivity index (χ1v) is 5.50. The molecule has 1 rings (SSSR count). The van der Waals surface area contributed by atoms with E-state index in [0.29, 0.717) is 5.69 Å². The summed E-state index contributed by atoms with van der Waals surface area (Å²) < 4.78 is 2.48. The molecule has 1 heterocycles. The second-order valence-electron chi connectivity index (χ2n) is 2.71. The maximum atomic E-state index is 10.9. The number of urea groups is 1. The zero-order valence-corrected chi connectivity index (χ0v) is 9.34. The smallest absolute Gasteiger partial charge is 0.281 e. The zero-order chi connectivity index (χ0) is 11.1. The number of rotatable bonds is 3. The van der Waals surface area contributed by atoms with Crippen molar-refractivity contribution in [2.45, 2.75) is 6.92 Å². The van der Waals surface area contributed by atoms with E-state index in [9.17, 15) is 4.79 Å². The van der Waals surface area contributed by atoms with Crippen LogP contribution in [-0.2, 0) is 0 Å². The second-order valence-corrected chi connectivity index (χ2v) is 3.32. The summed E-state index contributed by atoms with van der Waals surface area (Å²) in [5, 5.41) is 3.74. The molecule has 0 saturated carbocycles. The Morgan fingerprint density at radius 2 is 2.40 bits per heavy atom. The molecule has 2 amide bonds. The molecule has 0 atom stereocenters. The molecule has 0 saturated heterocycles. The maximum Gasteiger partial charge on any atom is 0.345 e. The van der Waals surface area contributed by atoms with Crippen molar-refractivity contribution in [1.82, 2.24) is 15.1 Å². The standard InChI is InChI=1S/C9H12N4OS/c1-7-4-3-5-8(11-7)6-10-12-9(14)13-15-2/h3-6H,1-2H3,(H2,12,13,14)/b10-6+. The summed E-state index contributed by atoms with van der Waals surface area (Å²) in [5.41, 5.74) is 3.93. The summed E-state index contributed by atoms with van der Waals surface area (Å²) in [6, 6.07) is 5.23. The number of hydrogen-bond donors (Lipinski definition) is 2. The van der Waals surface area contributed by atoms with Crippen LogP contribution in [0.1, 0.15) is 11.4 Å². The average Bonchev–Trinajstić information content (AvgIpc) is 2.18. The van der Waals surface area contributed by atoms with Crippen molar-refractivity contribution >= 4 is 24.2 Å². The quantitative estimate of drug-likeness (QED) is 0.462. The van der Waals surface area contributed by atoms with Gasteiger partial charge in [0.2, 0.25) is 0 Å². The van der Waals surface area contributed by atoms with E-state index in [1.807, 2.05) is 25.1 Å². The van der Waals surface area contributed by atoms with E-state index in [-0.39, 0.29) is 6.03 Å². The molecule has 15 heavy (non-hydrogen) atoms. The molecule has 0 bridgehead atoms. The summed E-state index contributed by atoms with van der Waals surface area (Å²) in [6.07, 6.45) is 3.25. The zero-order valence-electron chi connectivity index (χ0n) is 8.52. The van der Waals surface area contributed by atoms with Gasteiger partial charge in [-0.1, -0.05) is 18.0 Å². The van der Waals surface area contributed by atoms with Gasteiger partial charge in [-0.25, -0.2) is 10.2 Å². The molecule has 80 valence electrons. The van der Waals surface area contributed by atoms with Crippen LogP contribution in [0.5, 0.6) is 0 Å². The highest BCUT2D eigenvalue weighted by Crippen LogP contribution is 1.94. The van der Waals surface area contributed by atoms with Crippen molar-refractivity contribution in [3.8, 4) is 0 Å². The molecule has 1 aromatic heterocycles. The third kappa shape index (κ3) is 4.46. The third-order valence-corrected chi connectivity index (χ3v) is 1.86. The Morgan fingerprint density at radius 1 is 1.60 bits per heavy atom. The summed E-state index contributed by atoms with van der Waals surface area (Å²) in [6.45, 7) is 1.89. The summed E-state index contributed by atoms with van der Waals surface area (Å²) in [4.78, 5) is 15.1. The molecule has 6 heteroatoms. The van der Waals surface area contributed by atoms with E-state index in [1.54, 1.807) is 6.26 Å². The fourth-order valence-corrected chi connectivity index (χ4v) is 1.14. The summed E-state index contributed by atoms with van der Waals surface area (Å²) in [5.74, 6) is 0. The monoisotopic (exact) mass is 224 g/mol. The van der Waals surface area contributed by atoms with E-state index < -0.39 is 0 Å². The molecule has 5 nitrogen and oxygen atoms in total. The van der Waals surface area contributed by atoms with Gasteiger partial charge in [-0.2, -0.15) is 5.10 Å². The van der Waals surface area contributed by atoms with Crippen LogP contribution >= 0.6 is 11.9 Å². The minimum Gasteiger partial charge on any atom is -0.281 e. The van der Waals surface area contributed by atoms with E-state index in [0.717, 1.165) is 5.69 Å². The highest BCUT2D eigenvalue weighted by atomic mass is 32.2. The van der Waals surface area contributed by atoms with Crippen LogP contribution in [0, 0.1) is 6.92 Å². The summed E-state index contributed by atoms with van der Waals surface area (Å²) in [7, 11) is 0. The number of nitrogens with one attached hydrogen (secondary N) is 2. The normalized spacial score (nSPS) is 10.3. The van der Waals surface area contributed by atoms with Crippen LogP contribution in [0.15, 0.2) is 23.3 Å². The van der Waals surface area contributed by atoms with Crippen LogP contribution in [0.3, 0.4) is 0 Å². The van der Waals surface area contributed by atoms with Crippen molar-refractivity contribution < 1.29 is 4.79 Å². The van der Waals surface area contributed by atoms with E-state index in [1.165, 1.54) is 18.2 Å². The van der Waals surface area contributed by atoms with E-state index in [4.69, 9.17) is 0 Å². The van der Waals surface area contributed by atoms with Crippen LogP contribution in [0.25, 0.3) is 0 Å². The van der Waals surface area contributed by atoms with Gasteiger partial charge in [0.1, 0.15) is 0 Å². The largest absolute Gasteiger partial charge is 0.345 e. The van der Waals surface area contributed by atoms with Gasteiger partial charge in [-0.05, 0) is 19.1 Å². The van der Waals surface area contributed by atoms with Gasteiger partial charge >= 0.3 is 6.03 Å². The predicted molar refractivity (Wildman–Crippen MR) is 61.8 cm³/mol. The SMILES string of the molecule is CSNC(=O)N/N=C/c1cccc(C)n1. The molecule has 2 N–H and O–H groups in total. The van der Waals surface area contributed by atoms with Crippen LogP contribution in [0.4, 0.5) is 4.79 Å². The minimum absolute atomic E-state index is 0.355. The second kappa shape index (κ2) is 6.02. The highest BCUT2D eigenvalue weighted by Gasteiger charge is 1.94. The first kappa shape index (κ1) is 11.5. The lowest BCUT2D eigenvalue weighted by Gasteiger charge is -1.98. The van der Waals surface area contributed by atoms with Gasteiger partial charge in [0, 0.05) is 11.9 Å². The number of aryl methyl sites for hydroxylation is 1. The molecule has 0 fully saturated rings. The lowest BCUT2D eigenvalue weighted by Crippen LogP contribution is -2.26. The van der Waals surface area contributed by atoms with Gasteiger partial charge in [-0.3, -0.25) is 9.71 Å². The molecule has 0 aliphatic rings.